The van der Waals surface area contributed by atoms with Crippen LogP contribution in [-0.4, -0.2) is 17.9 Å². The number of hydrogen-bond donors (Lipinski definition) is 0. The van der Waals surface area contributed by atoms with Crippen molar-refractivity contribution in [3.8, 4) is 0 Å². The molecule has 0 N–H and O–H groups in total. The third-order valence-corrected chi connectivity index (χ3v) is 4.63. The lowest BCUT2D eigenvalue weighted by Gasteiger charge is -2.31. The predicted molar refractivity (Wildman–Crippen MR) is 75.0 cm³/mol. The zero-order valence-corrected chi connectivity index (χ0v) is 12.0. The number of rotatable bonds is 0. The van der Waals surface area contributed by atoms with Gasteiger partial charge in [0.05, 0.1) is 5.92 Å². The highest BCUT2D eigenvalue weighted by molar-refractivity contribution is 5.85. The monoisotopic (exact) mass is 247 g/mol. The van der Waals surface area contributed by atoms with Crippen LogP contribution in [0.5, 0.6) is 0 Å². The van der Waals surface area contributed by atoms with Gasteiger partial charge in [0, 0.05) is 18.7 Å². The number of nitrogens with zero attached hydrogens (tertiary/aromatic N) is 1. The Bertz CT molecular complexity index is 358. The van der Waals surface area contributed by atoms with Gasteiger partial charge in [-0.3, -0.25) is 4.79 Å². The van der Waals surface area contributed by atoms with Gasteiger partial charge in [0.1, 0.15) is 0 Å². The van der Waals surface area contributed by atoms with Crippen molar-refractivity contribution in [1.82, 2.24) is 4.90 Å². The van der Waals surface area contributed by atoms with Crippen LogP contribution in [-0.2, 0) is 4.79 Å². The first kappa shape index (κ1) is 13.4. The first-order valence-corrected chi connectivity index (χ1v) is 7.34. The number of allylic oxidation sites excluding steroid dienone is 3. The Kier molecular flexibility index (Phi) is 3.94. The fraction of sp³-hybridized carbons (Fsp3) is 0.688. The summed E-state index contributed by atoms with van der Waals surface area (Å²) < 4.78 is 0. The van der Waals surface area contributed by atoms with Crippen molar-refractivity contribution in [2.24, 2.45) is 11.8 Å². The summed E-state index contributed by atoms with van der Waals surface area (Å²) in [5.74, 6) is 0.927. The van der Waals surface area contributed by atoms with E-state index in [1.54, 1.807) is 16.0 Å². The van der Waals surface area contributed by atoms with Gasteiger partial charge in [0.2, 0.25) is 5.91 Å². The van der Waals surface area contributed by atoms with E-state index in [-0.39, 0.29) is 5.92 Å². The number of carbonyl (C=O) groups excluding carboxylic acids is 1. The maximum Gasteiger partial charge on any atom is 0.230 e. The quantitative estimate of drug-likeness (QED) is 0.595. The van der Waals surface area contributed by atoms with Gasteiger partial charge in [-0.15, -0.1) is 0 Å². The fourth-order valence-corrected chi connectivity index (χ4v) is 3.59. The van der Waals surface area contributed by atoms with Gasteiger partial charge in [0.25, 0.3) is 0 Å². The molecular weight excluding hydrogens is 222 g/mol. The molecule has 0 saturated carbocycles. The summed E-state index contributed by atoms with van der Waals surface area (Å²) in [6.07, 6.45) is 7.29. The smallest absolute Gasteiger partial charge is 0.230 e. The molecule has 2 atom stereocenters. The van der Waals surface area contributed by atoms with Crippen molar-refractivity contribution in [1.29, 1.82) is 0 Å². The van der Waals surface area contributed by atoms with E-state index in [4.69, 9.17) is 0 Å². The van der Waals surface area contributed by atoms with Crippen LogP contribution in [0.2, 0.25) is 0 Å². The Labute approximate surface area is 111 Å². The molecule has 1 fully saturated rings. The molecule has 1 aliphatic heterocycles. The minimum absolute atomic E-state index is 0.217. The number of likely N-dealkylation sites (tertiary alicyclic amines) is 1. The molecule has 1 amide bonds. The largest absolute Gasteiger partial charge is 0.319 e. The molecule has 1 saturated heterocycles. The van der Waals surface area contributed by atoms with Crippen LogP contribution in [0.1, 0.15) is 52.4 Å². The summed E-state index contributed by atoms with van der Waals surface area (Å²) in [4.78, 5) is 13.9. The second-order valence-corrected chi connectivity index (χ2v) is 5.42. The van der Waals surface area contributed by atoms with Crippen molar-refractivity contribution in [2.45, 2.75) is 52.4 Å². The predicted octanol–water partition coefficient (Wildman–Crippen LogP) is 3.90. The molecule has 2 nitrogen and oxygen atoms in total. The Balaban J connectivity index is 0.000000574. The van der Waals surface area contributed by atoms with Crippen LogP contribution in [0.25, 0.3) is 0 Å². The van der Waals surface area contributed by atoms with E-state index in [0.29, 0.717) is 11.8 Å². The van der Waals surface area contributed by atoms with Crippen LogP contribution < -0.4 is 0 Å². The molecule has 0 aromatic heterocycles. The summed E-state index contributed by atoms with van der Waals surface area (Å²) in [7, 11) is 1.88. The normalized spacial score (nSPS) is 30.7. The Morgan fingerprint density at radius 1 is 1.06 bits per heavy atom. The molecule has 2 aliphatic carbocycles. The molecule has 18 heavy (non-hydrogen) atoms. The van der Waals surface area contributed by atoms with E-state index >= 15 is 0 Å². The van der Waals surface area contributed by atoms with Gasteiger partial charge >= 0.3 is 0 Å². The minimum atomic E-state index is 0.217. The zero-order valence-electron chi connectivity index (χ0n) is 12.0. The lowest BCUT2D eigenvalue weighted by Crippen LogP contribution is -2.25. The van der Waals surface area contributed by atoms with Crippen LogP contribution in [0.4, 0.5) is 0 Å². The van der Waals surface area contributed by atoms with Gasteiger partial charge in [-0.2, -0.15) is 0 Å². The first-order chi connectivity index (χ1) is 8.68. The Hall–Kier alpha value is -1.05. The molecule has 0 radical (unpaired) electrons. The van der Waals surface area contributed by atoms with E-state index in [1.807, 2.05) is 20.9 Å². The number of carbonyl (C=O) groups is 1. The molecule has 0 aromatic carbocycles. The maximum atomic E-state index is 12.1. The lowest BCUT2D eigenvalue weighted by molar-refractivity contribution is -0.129. The molecule has 0 spiro atoms. The summed E-state index contributed by atoms with van der Waals surface area (Å²) in [5, 5.41) is 0. The maximum absolute atomic E-state index is 12.1. The molecule has 100 valence electrons. The molecule has 0 aromatic rings. The first-order valence-electron chi connectivity index (χ1n) is 7.34. The van der Waals surface area contributed by atoms with Gasteiger partial charge in [0.15, 0.2) is 0 Å². The van der Waals surface area contributed by atoms with Crippen LogP contribution in [0.15, 0.2) is 23.4 Å². The molecule has 0 bridgehead atoms. The molecule has 3 rings (SSSR count). The van der Waals surface area contributed by atoms with Gasteiger partial charge < -0.3 is 4.90 Å². The second kappa shape index (κ2) is 5.29. The van der Waals surface area contributed by atoms with Gasteiger partial charge in [-0.1, -0.05) is 31.6 Å². The molecule has 1 heterocycles. The van der Waals surface area contributed by atoms with Crippen molar-refractivity contribution < 1.29 is 4.79 Å². The van der Waals surface area contributed by atoms with Gasteiger partial charge in [-0.05, 0) is 38.5 Å². The summed E-state index contributed by atoms with van der Waals surface area (Å²) in [5.41, 5.74) is 4.30. The Morgan fingerprint density at radius 2 is 1.56 bits per heavy atom. The molecule has 2 unspecified atom stereocenters. The van der Waals surface area contributed by atoms with E-state index < -0.39 is 0 Å². The van der Waals surface area contributed by atoms with Crippen molar-refractivity contribution >= 4 is 5.91 Å². The average Bonchev–Trinajstić information content (AvgIpc) is 2.64. The molecule has 2 heteroatoms. The molecular formula is C16H25NO. The zero-order chi connectivity index (χ0) is 13.3. The van der Waals surface area contributed by atoms with Crippen LogP contribution in [0, 0.1) is 11.8 Å². The van der Waals surface area contributed by atoms with E-state index in [9.17, 15) is 4.79 Å². The third kappa shape index (κ3) is 2.02. The van der Waals surface area contributed by atoms with E-state index in [2.05, 4.69) is 6.58 Å². The minimum Gasteiger partial charge on any atom is -0.319 e. The van der Waals surface area contributed by atoms with Crippen molar-refractivity contribution in [3.05, 3.63) is 23.4 Å². The Morgan fingerprint density at radius 3 is 2.11 bits per heavy atom. The SMILES string of the molecule is C=C1C2CC3=C(CCCC3)CC2C(=O)N1C.CC. The van der Waals surface area contributed by atoms with E-state index in [0.717, 1.165) is 18.5 Å². The highest BCUT2D eigenvalue weighted by Crippen LogP contribution is 2.47. The van der Waals surface area contributed by atoms with Crippen molar-refractivity contribution in [3.63, 3.8) is 0 Å². The fourth-order valence-electron chi connectivity index (χ4n) is 3.59. The van der Waals surface area contributed by atoms with E-state index in [1.165, 1.54) is 25.7 Å². The summed E-state index contributed by atoms with van der Waals surface area (Å²) in [6.45, 7) is 8.09. The summed E-state index contributed by atoms with van der Waals surface area (Å²) >= 11 is 0. The molecule has 3 aliphatic rings. The standard InChI is InChI=1S/C14H19NO.C2H6/c1-9-12-7-10-5-3-4-6-11(10)8-13(12)14(16)15(9)2;1-2/h12-13H,1,3-8H2,2H3;1-2H3. The third-order valence-electron chi connectivity index (χ3n) is 4.63. The average molecular weight is 247 g/mol. The summed E-state index contributed by atoms with van der Waals surface area (Å²) in [6, 6.07) is 0. The highest BCUT2D eigenvalue weighted by Gasteiger charge is 2.44. The number of amides is 1. The van der Waals surface area contributed by atoms with Gasteiger partial charge in [-0.25, -0.2) is 0 Å². The highest BCUT2D eigenvalue weighted by atomic mass is 16.2. The second-order valence-electron chi connectivity index (χ2n) is 5.42. The van der Waals surface area contributed by atoms with Crippen LogP contribution in [0.3, 0.4) is 0 Å². The number of hydrogen-bond acceptors (Lipinski definition) is 1. The lowest BCUT2D eigenvalue weighted by atomic mass is 9.72. The van der Waals surface area contributed by atoms with Crippen LogP contribution >= 0.6 is 0 Å². The topological polar surface area (TPSA) is 20.3 Å². The number of fused-ring (bicyclic) bond motifs is 1. The van der Waals surface area contributed by atoms with Crippen molar-refractivity contribution in [2.75, 3.05) is 7.05 Å².